The van der Waals surface area contributed by atoms with Crippen molar-refractivity contribution in [2.75, 3.05) is 0 Å². The average molecular weight is 134 g/mol. The molecule has 0 heterocycles. The zero-order valence-corrected chi connectivity index (χ0v) is 6.56. The molecule has 2 aliphatic rings. The van der Waals surface area contributed by atoms with Crippen LogP contribution in [0.2, 0.25) is 0 Å². The van der Waals surface area contributed by atoms with Gasteiger partial charge in [-0.15, -0.1) is 0 Å². The summed E-state index contributed by atoms with van der Waals surface area (Å²) in [4.78, 5) is 0. The fourth-order valence-corrected chi connectivity index (χ4v) is 2.08. The normalized spacial score (nSPS) is 31.1. The molecule has 0 radical (unpaired) electrons. The van der Waals surface area contributed by atoms with E-state index >= 15 is 0 Å². The summed E-state index contributed by atoms with van der Waals surface area (Å²) in [7, 11) is 0. The van der Waals surface area contributed by atoms with Crippen LogP contribution in [-0.2, 0) is 0 Å². The lowest BCUT2D eigenvalue weighted by molar-refractivity contribution is 0.629. The van der Waals surface area contributed by atoms with Crippen LogP contribution in [0.5, 0.6) is 0 Å². The first kappa shape index (κ1) is 6.21. The van der Waals surface area contributed by atoms with Crippen molar-refractivity contribution in [2.24, 2.45) is 5.92 Å². The monoisotopic (exact) mass is 134 g/mol. The van der Waals surface area contributed by atoms with E-state index in [1.807, 2.05) is 0 Å². The maximum absolute atomic E-state index is 2.39. The van der Waals surface area contributed by atoms with Gasteiger partial charge < -0.3 is 0 Å². The standard InChI is InChI=1S/C10H14/c1-8-5-6-9-3-2-4-10(9)7-8/h5,7,9H,2-4,6H2,1H3. The molecule has 0 saturated heterocycles. The fraction of sp³-hybridized carbons (Fsp3) is 0.600. The smallest absolute Gasteiger partial charge is 0.0165 e. The van der Waals surface area contributed by atoms with E-state index in [1.165, 1.54) is 31.3 Å². The molecule has 1 atom stereocenters. The highest BCUT2D eigenvalue weighted by Gasteiger charge is 2.21. The second-order valence-corrected chi connectivity index (χ2v) is 3.49. The summed E-state index contributed by atoms with van der Waals surface area (Å²) in [6, 6.07) is 0. The molecular weight excluding hydrogens is 120 g/mol. The molecule has 0 aromatic heterocycles. The highest BCUT2D eigenvalue weighted by atomic mass is 14.3. The van der Waals surface area contributed by atoms with Crippen molar-refractivity contribution < 1.29 is 0 Å². The third-order valence-electron chi connectivity index (χ3n) is 2.68. The second kappa shape index (κ2) is 2.26. The van der Waals surface area contributed by atoms with Gasteiger partial charge in [-0.05, 0) is 38.5 Å². The zero-order chi connectivity index (χ0) is 6.97. The molecule has 0 N–H and O–H groups in total. The predicted molar refractivity (Wildman–Crippen MR) is 43.8 cm³/mol. The number of rotatable bonds is 0. The summed E-state index contributed by atoms with van der Waals surface area (Å²) in [6.45, 7) is 2.21. The molecule has 1 unspecified atom stereocenters. The van der Waals surface area contributed by atoms with Gasteiger partial charge in [0, 0.05) is 0 Å². The molecule has 1 saturated carbocycles. The Kier molecular flexibility index (Phi) is 1.40. The SMILES string of the molecule is CC1=CCC2CCCC2=C1. The Balaban J connectivity index is 2.24. The van der Waals surface area contributed by atoms with Crippen LogP contribution in [0.4, 0.5) is 0 Å². The van der Waals surface area contributed by atoms with E-state index in [4.69, 9.17) is 0 Å². The van der Waals surface area contributed by atoms with E-state index in [0.717, 1.165) is 5.92 Å². The van der Waals surface area contributed by atoms with Gasteiger partial charge in [-0.2, -0.15) is 0 Å². The third kappa shape index (κ3) is 0.920. The molecule has 0 bridgehead atoms. The summed E-state index contributed by atoms with van der Waals surface area (Å²) >= 11 is 0. The second-order valence-electron chi connectivity index (χ2n) is 3.49. The third-order valence-corrected chi connectivity index (χ3v) is 2.68. The quantitative estimate of drug-likeness (QED) is 0.477. The highest BCUT2D eigenvalue weighted by Crippen LogP contribution is 2.37. The minimum atomic E-state index is 0.934. The summed E-state index contributed by atoms with van der Waals surface area (Å²) in [5.74, 6) is 0.934. The molecule has 0 amide bonds. The van der Waals surface area contributed by atoms with Gasteiger partial charge in [-0.25, -0.2) is 0 Å². The lowest BCUT2D eigenvalue weighted by Gasteiger charge is -2.14. The van der Waals surface area contributed by atoms with Crippen molar-refractivity contribution in [1.82, 2.24) is 0 Å². The Labute approximate surface area is 62.6 Å². The molecule has 0 nitrogen and oxygen atoms in total. The van der Waals surface area contributed by atoms with E-state index in [9.17, 15) is 0 Å². The van der Waals surface area contributed by atoms with Crippen molar-refractivity contribution in [2.45, 2.75) is 32.6 Å². The highest BCUT2D eigenvalue weighted by molar-refractivity contribution is 5.29. The van der Waals surface area contributed by atoms with Gasteiger partial charge >= 0.3 is 0 Å². The van der Waals surface area contributed by atoms with Crippen molar-refractivity contribution in [3.05, 3.63) is 23.3 Å². The van der Waals surface area contributed by atoms with Crippen LogP contribution in [-0.4, -0.2) is 0 Å². The Bertz CT molecular complexity index is 196. The molecule has 10 heavy (non-hydrogen) atoms. The Hall–Kier alpha value is -0.520. The Morgan fingerprint density at radius 3 is 3.30 bits per heavy atom. The van der Waals surface area contributed by atoms with Crippen LogP contribution in [0.3, 0.4) is 0 Å². The van der Waals surface area contributed by atoms with Crippen LogP contribution >= 0.6 is 0 Å². The van der Waals surface area contributed by atoms with Gasteiger partial charge in [0.15, 0.2) is 0 Å². The lowest BCUT2D eigenvalue weighted by Crippen LogP contribution is -1.99. The number of hydrogen-bond donors (Lipinski definition) is 0. The molecule has 2 rings (SSSR count). The van der Waals surface area contributed by atoms with E-state index in [-0.39, 0.29) is 0 Å². The molecule has 0 aliphatic heterocycles. The van der Waals surface area contributed by atoms with Gasteiger partial charge in [-0.1, -0.05) is 23.3 Å². The van der Waals surface area contributed by atoms with Crippen LogP contribution in [0.1, 0.15) is 32.6 Å². The van der Waals surface area contributed by atoms with Crippen LogP contribution in [0, 0.1) is 5.92 Å². The Morgan fingerprint density at radius 1 is 1.50 bits per heavy atom. The molecule has 1 fully saturated rings. The van der Waals surface area contributed by atoms with Gasteiger partial charge in [-0.3, -0.25) is 0 Å². The molecule has 0 heteroatoms. The van der Waals surface area contributed by atoms with Crippen molar-refractivity contribution >= 4 is 0 Å². The van der Waals surface area contributed by atoms with Gasteiger partial charge in [0.25, 0.3) is 0 Å². The van der Waals surface area contributed by atoms with Gasteiger partial charge in [0.2, 0.25) is 0 Å². The Morgan fingerprint density at radius 2 is 2.40 bits per heavy atom. The largest absolute Gasteiger partial charge is 0.0810 e. The van der Waals surface area contributed by atoms with Crippen molar-refractivity contribution in [3.8, 4) is 0 Å². The molecule has 0 spiro atoms. The molecular formula is C10H14. The van der Waals surface area contributed by atoms with Crippen molar-refractivity contribution in [1.29, 1.82) is 0 Å². The summed E-state index contributed by atoms with van der Waals surface area (Å²) < 4.78 is 0. The average Bonchev–Trinajstić information content (AvgIpc) is 2.33. The van der Waals surface area contributed by atoms with E-state index in [2.05, 4.69) is 19.1 Å². The fourth-order valence-electron chi connectivity index (χ4n) is 2.08. The van der Waals surface area contributed by atoms with Crippen LogP contribution in [0.15, 0.2) is 23.3 Å². The molecule has 0 aromatic carbocycles. The maximum Gasteiger partial charge on any atom is -0.0165 e. The lowest BCUT2D eigenvalue weighted by atomic mass is 9.92. The van der Waals surface area contributed by atoms with Crippen LogP contribution in [0.25, 0.3) is 0 Å². The molecule has 0 aromatic rings. The zero-order valence-electron chi connectivity index (χ0n) is 6.56. The molecule has 2 aliphatic carbocycles. The van der Waals surface area contributed by atoms with E-state index in [0.29, 0.717) is 0 Å². The summed E-state index contributed by atoms with van der Waals surface area (Å²) in [5.41, 5.74) is 3.20. The summed E-state index contributed by atoms with van der Waals surface area (Å²) in [6.07, 6.45) is 10.3. The van der Waals surface area contributed by atoms with Gasteiger partial charge in [0.05, 0.1) is 0 Å². The first-order chi connectivity index (χ1) is 4.86. The number of fused-ring (bicyclic) bond motifs is 1. The first-order valence-electron chi connectivity index (χ1n) is 4.23. The topological polar surface area (TPSA) is 0 Å². The number of hydrogen-bond acceptors (Lipinski definition) is 0. The summed E-state index contributed by atoms with van der Waals surface area (Å²) in [5, 5.41) is 0. The minimum absolute atomic E-state index is 0.934. The maximum atomic E-state index is 2.39. The molecule has 54 valence electrons. The van der Waals surface area contributed by atoms with Crippen LogP contribution < -0.4 is 0 Å². The van der Waals surface area contributed by atoms with E-state index in [1.54, 1.807) is 5.57 Å². The van der Waals surface area contributed by atoms with Crippen molar-refractivity contribution in [3.63, 3.8) is 0 Å². The van der Waals surface area contributed by atoms with E-state index < -0.39 is 0 Å². The van der Waals surface area contributed by atoms with Gasteiger partial charge in [0.1, 0.15) is 0 Å². The first-order valence-corrected chi connectivity index (χ1v) is 4.23. The predicted octanol–water partition coefficient (Wildman–Crippen LogP) is 3.06. The minimum Gasteiger partial charge on any atom is -0.0810 e. The number of allylic oxidation sites excluding steroid dienone is 4.